The first-order valence-corrected chi connectivity index (χ1v) is 11.4. The van der Waals surface area contributed by atoms with Crippen molar-refractivity contribution in [3.05, 3.63) is 71.7 Å². The number of fused-ring (bicyclic) bond motifs is 2. The Hall–Kier alpha value is -3.39. The van der Waals surface area contributed by atoms with E-state index in [0.29, 0.717) is 31.0 Å². The molecule has 152 valence electrons. The molecule has 0 atom stereocenters. The lowest BCUT2D eigenvalue weighted by molar-refractivity contribution is 0.171. The molecule has 1 N–H and O–H groups in total. The molecule has 1 aliphatic heterocycles. The first-order chi connectivity index (χ1) is 14.5. The van der Waals surface area contributed by atoms with Crippen LogP contribution in [0.4, 0.5) is 5.69 Å². The molecule has 0 fully saturated rings. The van der Waals surface area contributed by atoms with Crippen molar-refractivity contribution < 1.29 is 17.9 Å². The average Bonchev–Trinajstić information content (AvgIpc) is 3.15. The molecule has 0 bridgehead atoms. The first-order valence-electron chi connectivity index (χ1n) is 9.51. The van der Waals surface area contributed by atoms with Gasteiger partial charge in [-0.1, -0.05) is 24.3 Å². The van der Waals surface area contributed by atoms with E-state index >= 15 is 0 Å². The molecule has 2 heterocycles. The van der Waals surface area contributed by atoms with E-state index in [1.165, 1.54) is 0 Å². The van der Waals surface area contributed by atoms with Gasteiger partial charge in [0, 0.05) is 23.2 Å². The second kappa shape index (κ2) is 7.14. The standard InChI is InChI=1S/C22H19N3O4S/c1-30(26,27)25-16-4-2-3-15(11-16)19-13-23-18-7-6-17(22(18)24-19)14-5-8-20-21(12-14)29-10-9-28-20/h2-6,8,11-13,25H,7,9-10H2,1H3. The molecule has 0 radical (unpaired) electrons. The first kappa shape index (κ1) is 18.6. The highest BCUT2D eigenvalue weighted by molar-refractivity contribution is 7.92. The number of rotatable bonds is 4. The van der Waals surface area contributed by atoms with Gasteiger partial charge < -0.3 is 9.47 Å². The van der Waals surface area contributed by atoms with Crippen LogP contribution in [0, 0.1) is 0 Å². The Balaban J connectivity index is 1.50. The predicted molar refractivity (Wildman–Crippen MR) is 114 cm³/mol. The Morgan fingerprint density at radius 1 is 1.00 bits per heavy atom. The van der Waals surface area contributed by atoms with Gasteiger partial charge in [0.25, 0.3) is 0 Å². The molecule has 3 aromatic rings. The van der Waals surface area contributed by atoms with Gasteiger partial charge in [-0.05, 0) is 29.8 Å². The molecule has 5 rings (SSSR count). The molecule has 2 aromatic carbocycles. The van der Waals surface area contributed by atoms with Gasteiger partial charge in [0.05, 0.1) is 29.5 Å². The average molecular weight is 421 g/mol. The van der Waals surface area contributed by atoms with Crippen LogP contribution in [0.5, 0.6) is 11.5 Å². The SMILES string of the molecule is CS(=O)(=O)Nc1cccc(-c2cnc3c(n2)C(c2ccc4c(c2)OCCO4)=CC3)c1. The van der Waals surface area contributed by atoms with Crippen LogP contribution in [0.15, 0.2) is 54.7 Å². The fraction of sp³-hybridized carbons (Fsp3) is 0.182. The number of ether oxygens (including phenoxy) is 2. The van der Waals surface area contributed by atoms with Crippen LogP contribution in [0.25, 0.3) is 16.8 Å². The maximum absolute atomic E-state index is 11.5. The third-order valence-electron chi connectivity index (χ3n) is 4.92. The summed E-state index contributed by atoms with van der Waals surface area (Å²) < 4.78 is 36.9. The number of hydrogen-bond donors (Lipinski definition) is 1. The highest BCUT2D eigenvalue weighted by Crippen LogP contribution is 2.37. The van der Waals surface area contributed by atoms with Crippen molar-refractivity contribution >= 4 is 21.3 Å². The predicted octanol–water partition coefficient (Wildman–Crippen LogP) is 3.27. The second-order valence-electron chi connectivity index (χ2n) is 7.19. The summed E-state index contributed by atoms with van der Waals surface area (Å²) >= 11 is 0. The Morgan fingerprint density at radius 3 is 2.67 bits per heavy atom. The van der Waals surface area contributed by atoms with Gasteiger partial charge >= 0.3 is 0 Å². The summed E-state index contributed by atoms with van der Waals surface area (Å²) in [5.41, 5.74) is 5.68. The third-order valence-corrected chi connectivity index (χ3v) is 5.52. The minimum Gasteiger partial charge on any atom is -0.486 e. The highest BCUT2D eigenvalue weighted by atomic mass is 32.2. The monoisotopic (exact) mass is 421 g/mol. The Labute approximate surface area is 174 Å². The molecule has 0 saturated heterocycles. The lowest BCUT2D eigenvalue weighted by atomic mass is 10.0. The summed E-state index contributed by atoms with van der Waals surface area (Å²) in [6.45, 7) is 1.09. The van der Waals surface area contributed by atoms with Crippen LogP contribution in [0.3, 0.4) is 0 Å². The van der Waals surface area contributed by atoms with Crippen molar-refractivity contribution in [1.29, 1.82) is 0 Å². The van der Waals surface area contributed by atoms with Crippen molar-refractivity contribution in [2.75, 3.05) is 24.2 Å². The molecule has 7 nitrogen and oxygen atoms in total. The van der Waals surface area contributed by atoms with Gasteiger partial charge in [0.15, 0.2) is 11.5 Å². The van der Waals surface area contributed by atoms with Crippen molar-refractivity contribution in [3.63, 3.8) is 0 Å². The molecule has 8 heteroatoms. The van der Waals surface area contributed by atoms with Crippen LogP contribution >= 0.6 is 0 Å². The second-order valence-corrected chi connectivity index (χ2v) is 8.93. The summed E-state index contributed by atoms with van der Waals surface area (Å²) in [7, 11) is -3.36. The Bertz CT molecular complexity index is 1290. The largest absolute Gasteiger partial charge is 0.486 e. The summed E-state index contributed by atoms with van der Waals surface area (Å²) in [6.07, 6.45) is 5.67. The van der Waals surface area contributed by atoms with E-state index in [2.05, 4.69) is 15.8 Å². The van der Waals surface area contributed by atoms with Crippen molar-refractivity contribution in [2.24, 2.45) is 0 Å². The van der Waals surface area contributed by atoms with Gasteiger partial charge in [-0.15, -0.1) is 0 Å². The van der Waals surface area contributed by atoms with Crippen LogP contribution in [-0.4, -0.2) is 37.9 Å². The Morgan fingerprint density at radius 2 is 1.83 bits per heavy atom. The molecular formula is C22H19N3O4S. The molecule has 1 aliphatic carbocycles. The molecule has 1 aromatic heterocycles. The number of anilines is 1. The quantitative estimate of drug-likeness (QED) is 0.695. The number of nitrogens with one attached hydrogen (secondary N) is 1. The van der Waals surface area contributed by atoms with Gasteiger partial charge in [-0.2, -0.15) is 0 Å². The lowest BCUT2D eigenvalue weighted by Crippen LogP contribution is -2.15. The molecule has 2 aliphatic rings. The zero-order valence-electron chi connectivity index (χ0n) is 16.3. The molecule has 0 spiro atoms. The lowest BCUT2D eigenvalue weighted by Gasteiger charge is -2.19. The zero-order valence-corrected chi connectivity index (χ0v) is 17.1. The van der Waals surface area contributed by atoms with Crippen LogP contribution < -0.4 is 14.2 Å². The van der Waals surface area contributed by atoms with Gasteiger partial charge in [0.2, 0.25) is 10.0 Å². The van der Waals surface area contributed by atoms with Crippen molar-refractivity contribution in [3.8, 4) is 22.8 Å². The summed E-state index contributed by atoms with van der Waals surface area (Å²) in [6, 6.07) is 13.0. The van der Waals surface area contributed by atoms with Gasteiger partial charge in [-0.3, -0.25) is 9.71 Å². The van der Waals surface area contributed by atoms with Crippen molar-refractivity contribution in [2.45, 2.75) is 6.42 Å². The topological polar surface area (TPSA) is 90.4 Å². The number of aromatic nitrogens is 2. The van der Waals surface area contributed by atoms with E-state index in [9.17, 15) is 8.42 Å². The Kier molecular flexibility index (Phi) is 4.43. The number of allylic oxidation sites excluding steroid dienone is 1. The van der Waals surface area contributed by atoms with Gasteiger partial charge in [-0.25, -0.2) is 13.4 Å². The summed E-state index contributed by atoms with van der Waals surface area (Å²) in [4.78, 5) is 9.44. The van der Waals surface area contributed by atoms with E-state index in [4.69, 9.17) is 14.5 Å². The molecule has 0 amide bonds. The van der Waals surface area contributed by atoms with Crippen molar-refractivity contribution in [1.82, 2.24) is 9.97 Å². The fourth-order valence-corrected chi connectivity index (χ4v) is 4.19. The van der Waals surface area contributed by atoms with Crippen LogP contribution in [0.1, 0.15) is 17.0 Å². The minimum absolute atomic E-state index is 0.486. The third kappa shape index (κ3) is 3.61. The van der Waals surface area contributed by atoms with E-state index in [0.717, 1.165) is 45.8 Å². The summed E-state index contributed by atoms with van der Waals surface area (Å²) in [5, 5.41) is 0. The van der Waals surface area contributed by atoms with Gasteiger partial charge in [0.1, 0.15) is 13.2 Å². The number of benzene rings is 2. The zero-order chi connectivity index (χ0) is 20.7. The maximum Gasteiger partial charge on any atom is 0.229 e. The number of hydrogen-bond acceptors (Lipinski definition) is 6. The molecular weight excluding hydrogens is 402 g/mol. The number of sulfonamides is 1. The van der Waals surface area contributed by atoms with Crippen LogP contribution in [0.2, 0.25) is 0 Å². The van der Waals surface area contributed by atoms with E-state index in [-0.39, 0.29) is 0 Å². The summed E-state index contributed by atoms with van der Waals surface area (Å²) in [5.74, 6) is 1.48. The van der Waals surface area contributed by atoms with E-state index < -0.39 is 10.0 Å². The minimum atomic E-state index is -3.36. The van der Waals surface area contributed by atoms with E-state index in [1.54, 1.807) is 24.4 Å². The smallest absolute Gasteiger partial charge is 0.229 e. The van der Waals surface area contributed by atoms with E-state index in [1.807, 2.05) is 24.3 Å². The van der Waals surface area contributed by atoms with Crippen LogP contribution in [-0.2, 0) is 16.4 Å². The molecule has 30 heavy (non-hydrogen) atoms. The highest BCUT2D eigenvalue weighted by Gasteiger charge is 2.22. The normalized spacial score (nSPS) is 14.8. The number of nitrogens with zero attached hydrogens (tertiary/aromatic N) is 2. The fourth-order valence-electron chi connectivity index (χ4n) is 3.64. The molecule has 0 unspecified atom stereocenters. The molecule has 0 saturated carbocycles. The maximum atomic E-state index is 11.5.